The zero-order chi connectivity index (χ0) is 24.3. The number of halogens is 3. The number of ether oxygens (including phenoxy) is 2. The maximum Gasteiger partial charge on any atom is 0.417 e. The van der Waals surface area contributed by atoms with E-state index in [9.17, 15) is 18.0 Å². The lowest BCUT2D eigenvalue weighted by Crippen LogP contribution is -2.38. The highest BCUT2D eigenvalue weighted by Crippen LogP contribution is 2.32. The van der Waals surface area contributed by atoms with E-state index < -0.39 is 11.7 Å². The Kier molecular flexibility index (Phi) is 6.76. The second-order valence-corrected chi connectivity index (χ2v) is 8.00. The monoisotopic (exact) mass is 474 g/mol. The van der Waals surface area contributed by atoms with E-state index in [0.717, 1.165) is 24.2 Å². The summed E-state index contributed by atoms with van der Waals surface area (Å²) in [4.78, 5) is 14.5. The van der Waals surface area contributed by atoms with Crippen LogP contribution in [0.5, 0.6) is 11.5 Å². The van der Waals surface area contributed by atoms with Crippen LogP contribution in [0, 0.1) is 0 Å². The molecule has 0 spiro atoms. The number of benzene rings is 1. The minimum Gasteiger partial charge on any atom is -0.493 e. The van der Waals surface area contributed by atoms with Crippen LogP contribution in [0.4, 0.5) is 13.2 Å². The Labute approximate surface area is 194 Å². The maximum absolute atomic E-state index is 13.2. The van der Waals surface area contributed by atoms with E-state index in [1.54, 1.807) is 30.2 Å². The van der Waals surface area contributed by atoms with Gasteiger partial charge >= 0.3 is 6.18 Å². The lowest BCUT2D eigenvalue weighted by molar-refractivity contribution is -0.137. The van der Waals surface area contributed by atoms with Crippen molar-refractivity contribution in [3.63, 3.8) is 0 Å². The second-order valence-electron chi connectivity index (χ2n) is 8.00. The number of carbonyl (C=O) groups excluding carboxylic acids is 1. The molecule has 1 aliphatic heterocycles. The van der Waals surface area contributed by atoms with Gasteiger partial charge in [-0.25, -0.2) is 0 Å². The molecule has 10 heteroatoms. The number of rotatable bonds is 6. The van der Waals surface area contributed by atoms with E-state index in [1.165, 1.54) is 16.5 Å². The molecule has 34 heavy (non-hydrogen) atoms. The fourth-order valence-corrected chi connectivity index (χ4v) is 4.08. The average molecular weight is 474 g/mol. The molecule has 7 nitrogen and oxygen atoms in total. The van der Waals surface area contributed by atoms with Gasteiger partial charge in [0.25, 0.3) is 0 Å². The normalized spacial score (nSPS) is 16.9. The van der Waals surface area contributed by atoms with Crippen LogP contribution in [-0.4, -0.2) is 52.2 Å². The van der Waals surface area contributed by atoms with Crippen molar-refractivity contribution in [3.8, 4) is 11.5 Å². The molecule has 2 aromatic heterocycles. The van der Waals surface area contributed by atoms with E-state index in [2.05, 4.69) is 10.2 Å². The van der Waals surface area contributed by atoms with Gasteiger partial charge in [-0.1, -0.05) is 6.07 Å². The summed E-state index contributed by atoms with van der Waals surface area (Å²) in [5.74, 6) is 1.24. The maximum atomic E-state index is 13.2. The quantitative estimate of drug-likeness (QED) is 0.490. The first-order valence-electron chi connectivity index (χ1n) is 11.0. The van der Waals surface area contributed by atoms with Crippen molar-refractivity contribution < 1.29 is 27.4 Å². The molecule has 4 rings (SSSR count). The Morgan fingerprint density at radius 1 is 1.21 bits per heavy atom. The number of carbonyl (C=O) groups is 1. The zero-order valence-corrected chi connectivity index (χ0v) is 18.9. The van der Waals surface area contributed by atoms with Crippen LogP contribution in [0.1, 0.15) is 42.6 Å². The second kappa shape index (κ2) is 9.74. The smallest absolute Gasteiger partial charge is 0.417 e. The summed E-state index contributed by atoms with van der Waals surface area (Å²) in [6, 6.07) is 7.69. The first-order chi connectivity index (χ1) is 16.3. The number of likely N-dealkylation sites (tertiary alicyclic amines) is 1. The molecule has 0 bridgehead atoms. The fraction of sp³-hybridized carbons (Fsp3) is 0.375. The average Bonchev–Trinajstić information content (AvgIpc) is 3.26. The van der Waals surface area contributed by atoms with Gasteiger partial charge in [0.2, 0.25) is 5.91 Å². The summed E-state index contributed by atoms with van der Waals surface area (Å²) in [5.41, 5.74) is 0.365. The van der Waals surface area contributed by atoms with Gasteiger partial charge < -0.3 is 14.4 Å². The molecule has 3 heterocycles. The van der Waals surface area contributed by atoms with E-state index in [-0.39, 0.29) is 11.8 Å². The van der Waals surface area contributed by atoms with Gasteiger partial charge in [0.15, 0.2) is 17.1 Å². The molecule has 0 saturated carbocycles. The van der Waals surface area contributed by atoms with Crippen molar-refractivity contribution in [1.82, 2.24) is 19.5 Å². The summed E-state index contributed by atoms with van der Waals surface area (Å²) in [7, 11) is 1.56. The molecule has 180 valence electrons. The fourth-order valence-electron chi connectivity index (χ4n) is 4.08. The van der Waals surface area contributed by atoms with Crippen LogP contribution < -0.4 is 9.47 Å². The van der Waals surface area contributed by atoms with Crippen LogP contribution in [0.3, 0.4) is 0 Å². The highest BCUT2D eigenvalue weighted by atomic mass is 19.4. The number of nitrogens with zero attached hydrogens (tertiary/aromatic N) is 4. The molecule has 1 amide bonds. The SMILES string of the molecule is CCOc1cc(/C=C/C(=O)N2CCCC(c3nnc4ccc(C(F)(F)F)cn34)C2)ccc1OC. The van der Waals surface area contributed by atoms with Crippen molar-refractivity contribution in [2.45, 2.75) is 31.9 Å². The van der Waals surface area contributed by atoms with Gasteiger partial charge in [-0.05, 0) is 55.7 Å². The van der Waals surface area contributed by atoms with Crippen LogP contribution in [-0.2, 0) is 11.0 Å². The van der Waals surface area contributed by atoms with Crippen LogP contribution in [0.25, 0.3) is 11.7 Å². The van der Waals surface area contributed by atoms with E-state index in [0.29, 0.717) is 49.1 Å². The molecular formula is C24H25F3N4O3. The summed E-state index contributed by atoms with van der Waals surface area (Å²) >= 11 is 0. The van der Waals surface area contributed by atoms with E-state index in [4.69, 9.17) is 9.47 Å². The summed E-state index contributed by atoms with van der Waals surface area (Å²) < 4.78 is 51.7. The third kappa shape index (κ3) is 5.00. The van der Waals surface area contributed by atoms with E-state index >= 15 is 0 Å². The lowest BCUT2D eigenvalue weighted by atomic mass is 9.97. The molecule has 3 aromatic rings. The zero-order valence-electron chi connectivity index (χ0n) is 18.9. The predicted molar refractivity (Wildman–Crippen MR) is 120 cm³/mol. The molecule has 1 atom stereocenters. The molecule has 1 aliphatic rings. The number of amides is 1. The summed E-state index contributed by atoms with van der Waals surface area (Å²) in [6.07, 6.45) is 1.18. The Morgan fingerprint density at radius 2 is 2.03 bits per heavy atom. The van der Waals surface area contributed by atoms with Crippen molar-refractivity contribution in [1.29, 1.82) is 0 Å². The molecule has 1 aromatic carbocycles. The summed E-state index contributed by atoms with van der Waals surface area (Å²) in [6.45, 7) is 3.28. The molecule has 1 saturated heterocycles. The van der Waals surface area contributed by atoms with Crippen molar-refractivity contribution in [2.24, 2.45) is 0 Å². The molecule has 0 radical (unpaired) electrons. The minimum atomic E-state index is -4.46. The van der Waals surface area contributed by atoms with Gasteiger partial charge in [-0.2, -0.15) is 13.2 Å². The predicted octanol–water partition coefficient (Wildman–Crippen LogP) is 4.57. The van der Waals surface area contributed by atoms with E-state index in [1.807, 2.05) is 13.0 Å². The number of alkyl halides is 3. The topological polar surface area (TPSA) is 69.0 Å². The number of hydrogen-bond acceptors (Lipinski definition) is 5. The van der Waals surface area contributed by atoms with Gasteiger partial charge in [0, 0.05) is 31.3 Å². The highest BCUT2D eigenvalue weighted by molar-refractivity contribution is 5.92. The lowest BCUT2D eigenvalue weighted by Gasteiger charge is -2.31. The first kappa shape index (κ1) is 23.6. The molecular weight excluding hydrogens is 449 g/mol. The largest absolute Gasteiger partial charge is 0.493 e. The summed E-state index contributed by atoms with van der Waals surface area (Å²) in [5, 5.41) is 8.14. The minimum absolute atomic E-state index is 0.178. The van der Waals surface area contributed by atoms with Gasteiger partial charge in [0.1, 0.15) is 5.82 Å². The third-order valence-corrected chi connectivity index (χ3v) is 5.76. The number of aromatic nitrogens is 3. The Balaban J connectivity index is 1.50. The van der Waals surface area contributed by atoms with Crippen molar-refractivity contribution in [3.05, 3.63) is 59.6 Å². The molecule has 1 fully saturated rings. The Bertz CT molecular complexity index is 1210. The van der Waals surface area contributed by atoms with Crippen LogP contribution in [0.15, 0.2) is 42.6 Å². The molecule has 1 unspecified atom stereocenters. The van der Waals surface area contributed by atoms with Gasteiger partial charge in [-0.3, -0.25) is 9.20 Å². The third-order valence-electron chi connectivity index (χ3n) is 5.76. The number of fused-ring (bicyclic) bond motifs is 1. The van der Waals surface area contributed by atoms with Crippen molar-refractivity contribution in [2.75, 3.05) is 26.8 Å². The Morgan fingerprint density at radius 3 is 2.76 bits per heavy atom. The number of pyridine rings is 1. The first-order valence-corrected chi connectivity index (χ1v) is 11.0. The van der Waals surface area contributed by atoms with Crippen LogP contribution in [0.2, 0.25) is 0 Å². The number of methoxy groups -OCH3 is 1. The Hall–Kier alpha value is -3.56. The van der Waals surface area contributed by atoms with Gasteiger partial charge in [0.05, 0.1) is 19.3 Å². The van der Waals surface area contributed by atoms with Crippen LogP contribution >= 0.6 is 0 Å². The number of hydrogen-bond donors (Lipinski definition) is 0. The van der Waals surface area contributed by atoms with Gasteiger partial charge in [-0.15, -0.1) is 10.2 Å². The highest BCUT2D eigenvalue weighted by Gasteiger charge is 2.32. The number of piperidine rings is 1. The van der Waals surface area contributed by atoms with Crippen molar-refractivity contribution >= 4 is 17.6 Å². The molecule has 0 aliphatic carbocycles. The standard InChI is InChI=1S/C24H25F3N4O3/c1-3-34-20-13-16(6-9-19(20)33-2)7-11-22(32)30-12-4-5-17(14-30)23-29-28-21-10-8-18(15-31(21)23)24(25,26)27/h6-11,13,15,17H,3-5,12,14H2,1-2H3/b11-7+. The molecule has 0 N–H and O–H groups in total.